The molecule has 138 valence electrons. The van der Waals surface area contributed by atoms with Crippen molar-refractivity contribution in [1.82, 2.24) is 14.8 Å². The minimum absolute atomic E-state index is 0.0212. The van der Waals surface area contributed by atoms with E-state index in [9.17, 15) is 14.4 Å². The van der Waals surface area contributed by atoms with E-state index in [1.807, 2.05) is 0 Å². The Balaban J connectivity index is 1.82. The largest absolute Gasteiger partial charge is 0.338 e. The van der Waals surface area contributed by atoms with Crippen molar-refractivity contribution < 1.29 is 4.39 Å². The van der Waals surface area contributed by atoms with Gasteiger partial charge in [0.25, 0.3) is 5.56 Å². The normalized spacial score (nSPS) is 19.7. The Labute approximate surface area is 159 Å². The number of benzene rings is 1. The number of anilines is 2. The molecule has 2 atom stereocenters. The fourth-order valence-corrected chi connectivity index (χ4v) is 3.82. The second kappa shape index (κ2) is 7.05. The quantitative estimate of drug-likeness (QED) is 0.694. The van der Waals surface area contributed by atoms with Gasteiger partial charge in [-0.25, -0.2) is 4.39 Å². The van der Waals surface area contributed by atoms with Gasteiger partial charge >= 0.3 is 0 Å². The molecular formula is C19H17ClFN5O. The highest BCUT2D eigenvalue weighted by Gasteiger charge is 2.29. The van der Waals surface area contributed by atoms with E-state index in [1.165, 1.54) is 12.1 Å². The van der Waals surface area contributed by atoms with Crippen LogP contribution in [-0.4, -0.2) is 14.8 Å². The summed E-state index contributed by atoms with van der Waals surface area (Å²) >= 11 is 5.73. The molecule has 1 saturated carbocycles. The van der Waals surface area contributed by atoms with E-state index in [1.54, 1.807) is 23.0 Å². The molecule has 1 aliphatic rings. The monoisotopic (exact) mass is 385 g/mol. The average molecular weight is 386 g/mol. The Morgan fingerprint density at radius 1 is 1.33 bits per heavy atom. The van der Waals surface area contributed by atoms with Crippen LogP contribution in [0.3, 0.4) is 0 Å². The number of aromatic nitrogens is 3. The molecular weight excluding hydrogens is 369 g/mol. The molecule has 1 aliphatic carbocycles. The molecule has 0 saturated heterocycles. The number of nitriles is 1. The Bertz CT molecular complexity index is 1100. The van der Waals surface area contributed by atoms with E-state index < -0.39 is 5.82 Å². The summed E-state index contributed by atoms with van der Waals surface area (Å²) in [6, 6.07) is 8.37. The molecule has 4 rings (SSSR count). The number of hydrogen-bond donors (Lipinski definition) is 2. The first kappa shape index (κ1) is 17.6. The highest BCUT2D eigenvalue weighted by Crippen LogP contribution is 2.36. The molecule has 0 aliphatic heterocycles. The van der Waals surface area contributed by atoms with E-state index in [4.69, 9.17) is 11.6 Å². The number of halogens is 2. The number of nitrogens with one attached hydrogen (secondary N) is 2. The molecule has 0 spiro atoms. The van der Waals surface area contributed by atoms with E-state index in [0.717, 1.165) is 25.7 Å². The van der Waals surface area contributed by atoms with Gasteiger partial charge in [-0.1, -0.05) is 24.4 Å². The molecule has 0 bridgehead atoms. The smallest absolute Gasteiger partial charge is 0.261 e. The van der Waals surface area contributed by atoms with Crippen LogP contribution in [-0.2, 0) is 0 Å². The molecule has 6 nitrogen and oxygen atoms in total. The predicted molar refractivity (Wildman–Crippen MR) is 102 cm³/mol. The van der Waals surface area contributed by atoms with Crippen molar-refractivity contribution in [3.63, 3.8) is 0 Å². The SMILES string of the molecule is N#CC1CCCCC1n1nc(Nc2ccc(Cl)c(F)c2)c2c(=O)[nH]ccc21. The summed E-state index contributed by atoms with van der Waals surface area (Å²) < 4.78 is 15.5. The fourth-order valence-electron chi connectivity index (χ4n) is 3.71. The number of hydrogen-bond acceptors (Lipinski definition) is 4. The van der Waals surface area contributed by atoms with Crippen LogP contribution < -0.4 is 10.9 Å². The number of aromatic amines is 1. The van der Waals surface area contributed by atoms with Crippen LogP contribution in [0.15, 0.2) is 35.3 Å². The summed E-state index contributed by atoms with van der Waals surface area (Å²) in [6.45, 7) is 0. The van der Waals surface area contributed by atoms with Gasteiger partial charge in [0, 0.05) is 11.9 Å². The van der Waals surface area contributed by atoms with Gasteiger partial charge in [-0.15, -0.1) is 0 Å². The Morgan fingerprint density at radius 2 is 2.15 bits per heavy atom. The third kappa shape index (κ3) is 3.17. The maximum Gasteiger partial charge on any atom is 0.261 e. The number of nitrogens with zero attached hydrogens (tertiary/aromatic N) is 3. The average Bonchev–Trinajstić information content (AvgIpc) is 3.04. The van der Waals surface area contributed by atoms with E-state index in [2.05, 4.69) is 21.5 Å². The molecule has 0 radical (unpaired) electrons. The van der Waals surface area contributed by atoms with E-state index >= 15 is 0 Å². The number of H-pyrrole nitrogens is 1. The highest BCUT2D eigenvalue weighted by molar-refractivity contribution is 6.30. The van der Waals surface area contributed by atoms with Gasteiger partial charge in [-0.3, -0.25) is 9.48 Å². The van der Waals surface area contributed by atoms with Gasteiger partial charge in [0.15, 0.2) is 5.82 Å². The Hall–Kier alpha value is -2.85. The summed E-state index contributed by atoms with van der Waals surface area (Å²) in [5, 5.41) is 17.5. The molecule has 27 heavy (non-hydrogen) atoms. The summed E-state index contributed by atoms with van der Waals surface area (Å²) in [5.74, 6) is -0.381. The Morgan fingerprint density at radius 3 is 2.93 bits per heavy atom. The molecule has 2 unspecified atom stereocenters. The van der Waals surface area contributed by atoms with Gasteiger partial charge in [0.1, 0.15) is 11.2 Å². The van der Waals surface area contributed by atoms with Crippen molar-refractivity contribution in [1.29, 1.82) is 5.26 Å². The highest BCUT2D eigenvalue weighted by atomic mass is 35.5. The molecule has 2 N–H and O–H groups in total. The molecule has 8 heteroatoms. The fraction of sp³-hybridized carbons (Fsp3) is 0.316. The first-order valence-corrected chi connectivity index (χ1v) is 9.18. The van der Waals surface area contributed by atoms with Gasteiger partial charge in [0.05, 0.1) is 28.6 Å². The lowest BCUT2D eigenvalue weighted by molar-refractivity contribution is 0.277. The maximum absolute atomic E-state index is 13.8. The third-order valence-corrected chi connectivity index (χ3v) is 5.33. The second-order valence-electron chi connectivity index (χ2n) is 6.70. The third-order valence-electron chi connectivity index (χ3n) is 5.02. The standard InChI is InChI=1S/C19H17ClFN5O/c20-13-6-5-12(9-14(13)21)24-18-17-16(7-8-23-19(17)27)26(25-18)15-4-2-1-3-11(15)10-22/h5-9,11,15H,1-4H2,(H,23,27)(H,24,25). The zero-order valence-corrected chi connectivity index (χ0v) is 15.1. The van der Waals surface area contributed by atoms with Crippen molar-refractivity contribution in [2.24, 2.45) is 5.92 Å². The Kier molecular flexibility index (Phi) is 4.58. The molecule has 2 aromatic heterocycles. The van der Waals surface area contributed by atoms with Gasteiger partial charge in [0.2, 0.25) is 0 Å². The first-order valence-electron chi connectivity index (χ1n) is 8.80. The second-order valence-corrected chi connectivity index (χ2v) is 7.11. The maximum atomic E-state index is 13.8. The van der Waals surface area contributed by atoms with Crippen LogP contribution >= 0.6 is 11.6 Å². The van der Waals surface area contributed by atoms with Crippen molar-refractivity contribution in [2.45, 2.75) is 31.7 Å². The van der Waals surface area contributed by atoms with Crippen molar-refractivity contribution in [3.8, 4) is 6.07 Å². The lowest BCUT2D eigenvalue weighted by Gasteiger charge is -2.27. The molecule has 1 aromatic carbocycles. The first-order chi connectivity index (χ1) is 13.1. The van der Waals surface area contributed by atoms with E-state index in [-0.39, 0.29) is 22.5 Å². The number of rotatable bonds is 3. The van der Waals surface area contributed by atoms with Crippen molar-refractivity contribution in [3.05, 3.63) is 51.7 Å². The van der Waals surface area contributed by atoms with Crippen molar-refractivity contribution in [2.75, 3.05) is 5.32 Å². The van der Waals surface area contributed by atoms with Crippen LogP contribution in [0.25, 0.3) is 10.9 Å². The molecule has 3 aromatic rings. The van der Waals surface area contributed by atoms with Gasteiger partial charge < -0.3 is 10.3 Å². The van der Waals surface area contributed by atoms with E-state index in [0.29, 0.717) is 22.4 Å². The number of fused-ring (bicyclic) bond motifs is 1. The van der Waals surface area contributed by atoms with Gasteiger partial charge in [-0.05, 0) is 37.1 Å². The lowest BCUT2D eigenvalue weighted by atomic mass is 9.85. The summed E-state index contributed by atoms with van der Waals surface area (Å²) in [6.07, 6.45) is 5.24. The minimum atomic E-state index is -0.559. The predicted octanol–water partition coefficient (Wildman–Crippen LogP) is 4.52. The number of pyridine rings is 1. The van der Waals surface area contributed by atoms with Crippen LogP contribution in [0.1, 0.15) is 31.7 Å². The summed E-state index contributed by atoms with van der Waals surface area (Å²) in [5.41, 5.74) is 0.801. The minimum Gasteiger partial charge on any atom is -0.338 e. The van der Waals surface area contributed by atoms with Gasteiger partial charge in [-0.2, -0.15) is 10.4 Å². The van der Waals surface area contributed by atoms with Crippen LogP contribution in [0, 0.1) is 23.1 Å². The summed E-state index contributed by atoms with van der Waals surface area (Å²) in [4.78, 5) is 15.1. The molecule has 0 amide bonds. The lowest BCUT2D eigenvalue weighted by Crippen LogP contribution is -2.23. The summed E-state index contributed by atoms with van der Waals surface area (Å²) in [7, 11) is 0. The zero-order valence-electron chi connectivity index (χ0n) is 14.4. The molecule has 1 fully saturated rings. The van der Waals surface area contributed by atoms with Crippen LogP contribution in [0.5, 0.6) is 0 Å². The topological polar surface area (TPSA) is 86.5 Å². The van der Waals surface area contributed by atoms with Crippen LogP contribution in [0.4, 0.5) is 15.9 Å². The zero-order chi connectivity index (χ0) is 19.0. The molecule has 2 heterocycles. The van der Waals surface area contributed by atoms with Crippen molar-refractivity contribution >= 4 is 34.0 Å². The van der Waals surface area contributed by atoms with Crippen LogP contribution in [0.2, 0.25) is 5.02 Å².